The van der Waals surface area contributed by atoms with Gasteiger partial charge in [0, 0.05) is 28.9 Å². The summed E-state index contributed by atoms with van der Waals surface area (Å²) in [6.45, 7) is 5.78. The molecule has 1 amide bonds. The molecule has 2 N–H and O–H groups in total. The van der Waals surface area contributed by atoms with Crippen LogP contribution in [-0.2, 0) is 0 Å². The summed E-state index contributed by atoms with van der Waals surface area (Å²) in [5.41, 5.74) is 4.80. The standard InChI is InChI=1S/C30H31N3O3/c1-18-16-23(29-24(17-18)27(34)19(2)28(36-29)21-10-5-4-6-11-21)20(3)32-25-14-9-15-31-26(25)30(35)33-22-12-7-8-13-22/h4-6,9-11,14-17,20,22,32H,7-8,12-13H2,1-3H3,(H,33,35)/t20-/m1/s1. The number of aromatic nitrogens is 1. The molecule has 0 bridgehead atoms. The number of nitrogens with zero attached hydrogens (tertiary/aromatic N) is 1. The van der Waals surface area contributed by atoms with Crippen LogP contribution in [-0.4, -0.2) is 16.9 Å². The first kappa shape index (κ1) is 23.8. The van der Waals surface area contributed by atoms with Crippen molar-refractivity contribution < 1.29 is 9.21 Å². The van der Waals surface area contributed by atoms with E-state index < -0.39 is 0 Å². The maximum atomic E-state index is 13.4. The van der Waals surface area contributed by atoms with Crippen LogP contribution in [0.2, 0.25) is 0 Å². The second-order valence-corrected chi connectivity index (χ2v) is 9.70. The maximum absolute atomic E-state index is 13.4. The lowest BCUT2D eigenvalue weighted by Crippen LogP contribution is -2.33. The van der Waals surface area contributed by atoms with Gasteiger partial charge in [-0.05, 0) is 57.4 Å². The lowest BCUT2D eigenvalue weighted by atomic mass is 9.98. The van der Waals surface area contributed by atoms with Gasteiger partial charge in [-0.1, -0.05) is 49.2 Å². The largest absolute Gasteiger partial charge is 0.455 e. The van der Waals surface area contributed by atoms with E-state index in [-0.39, 0.29) is 23.4 Å². The summed E-state index contributed by atoms with van der Waals surface area (Å²) in [6.07, 6.45) is 5.94. The molecule has 5 rings (SSSR count). The van der Waals surface area contributed by atoms with E-state index in [0.717, 1.165) is 42.4 Å². The monoisotopic (exact) mass is 481 g/mol. The number of hydrogen-bond acceptors (Lipinski definition) is 5. The minimum Gasteiger partial charge on any atom is -0.455 e. The van der Waals surface area contributed by atoms with Gasteiger partial charge in [-0.25, -0.2) is 4.98 Å². The highest BCUT2D eigenvalue weighted by Gasteiger charge is 2.23. The Morgan fingerprint density at radius 3 is 2.56 bits per heavy atom. The molecular weight excluding hydrogens is 450 g/mol. The number of anilines is 1. The Morgan fingerprint density at radius 2 is 1.81 bits per heavy atom. The number of carbonyl (C=O) groups is 1. The zero-order valence-electron chi connectivity index (χ0n) is 20.9. The summed E-state index contributed by atoms with van der Waals surface area (Å²) in [7, 11) is 0. The van der Waals surface area contributed by atoms with Crippen molar-refractivity contribution in [2.75, 3.05) is 5.32 Å². The summed E-state index contributed by atoms with van der Waals surface area (Å²) in [5, 5.41) is 7.14. The third-order valence-electron chi connectivity index (χ3n) is 6.98. The Hall–Kier alpha value is -3.93. The van der Waals surface area contributed by atoms with E-state index in [4.69, 9.17) is 4.42 Å². The van der Waals surface area contributed by atoms with Gasteiger partial charge in [0.05, 0.1) is 17.1 Å². The smallest absolute Gasteiger partial charge is 0.272 e. The third kappa shape index (κ3) is 4.63. The molecule has 2 aromatic carbocycles. The van der Waals surface area contributed by atoms with Crippen molar-refractivity contribution in [1.82, 2.24) is 10.3 Å². The molecule has 6 nitrogen and oxygen atoms in total. The zero-order chi connectivity index (χ0) is 25.2. The highest BCUT2D eigenvalue weighted by atomic mass is 16.3. The maximum Gasteiger partial charge on any atom is 0.272 e. The Kier molecular flexibility index (Phi) is 6.59. The number of benzene rings is 2. The van der Waals surface area contributed by atoms with Gasteiger partial charge in [0.2, 0.25) is 0 Å². The second kappa shape index (κ2) is 9.97. The average Bonchev–Trinajstić information content (AvgIpc) is 3.40. The third-order valence-corrected chi connectivity index (χ3v) is 6.98. The number of amides is 1. The molecular formula is C30H31N3O3. The molecule has 0 saturated heterocycles. The van der Waals surface area contributed by atoms with Gasteiger partial charge in [0.25, 0.3) is 5.91 Å². The molecule has 2 heterocycles. The van der Waals surface area contributed by atoms with Gasteiger partial charge in [0.1, 0.15) is 11.3 Å². The topological polar surface area (TPSA) is 84.2 Å². The minimum absolute atomic E-state index is 0.0368. The van der Waals surface area contributed by atoms with Gasteiger partial charge < -0.3 is 15.1 Å². The lowest BCUT2D eigenvalue weighted by Gasteiger charge is -2.20. The molecule has 36 heavy (non-hydrogen) atoms. The van der Waals surface area contributed by atoms with Crippen LogP contribution in [0, 0.1) is 13.8 Å². The summed E-state index contributed by atoms with van der Waals surface area (Å²) in [4.78, 5) is 30.8. The molecule has 1 aliphatic rings. The molecule has 0 unspecified atom stereocenters. The van der Waals surface area contributed by atoms with E-state index in [1.807, 2.05) is 75.4 Å². The van der Waals surface area contributed by atoms with Crippen LogP contribution >= 0.6 is 0 Å². The predicted molar refractivity (Wildman–Crippen MR) is 143 cm³/mol. The minimum atomic E-state index is -0.246. The second-order valence-electron chi connectivity index (χ2n) is 9.70. The van der Waals surface area contributed by atoms with Gasteiger partial charge in [-0.2, -0.15) is 0 Å². The summed E-state index contributed by atoms with van der Waals surface area (Å²) >= 11 is 0. The fourth-order valence-corrected chi connectivity index (χ4v) is 5.09. The molecule has 0 spiro atoms. The molecule has 6 heteroatoms. The summed E-state index contributed by atoms with van der Waals surface area (Å²) < 4.78 is 6.44. The number of rotatable bonds is 6. The van der Waals surface area contributed by atoms with Gasteiger partial charge in [0.15, 0.2) is 11.1 Å². The van der Waals surface area contributed by atoms with Crippen LogP contribution in [0.4, 0.5) is 5.69 Å². The van der Waals surface area contributed by atoms with Crippen LogP contribution < -0.4 is 16.1 Å². The highest BCUT2D eigenvalue weighted by Crippen LogP contribution is 2.32. The van der Waals surface area contributed by atoms with Crippen molar-refractivity contribution in [1.29, 1.82) is 0 Å². The zero-order valence-corrected chi connectivity index (χ0v) is 20.9. The normalized spacial score (nSPS) is 14.6. The molecule has 4 aromatic rings. The summed E-state index contributed by atoms with van der Waals surface area (Å²) in [6, 6.07) is 17.2. The van der Waals surface area contributed by atoms with E-state index >= 15 is 0 Å². The Morgan fingerprint density at radius 1 is 1.06 bits per heavy atom. The predicted octanol–water partition coefficient (Wildman–Crippen LogP) is 6.32. The summed E-state index contributed by atoms with van der Waals surface area (Å²) in [5.74, 6) is 0.406. The molecule has 1 atom stereocenters. The van der Waals surface area contributed by atoms with Crippen molar-refractivity contribution in [3.8, 4) is 11.3 Å². The number of hydrogen-bond donors (Lipinski definition) is 2. The molecule has 1 saturated carbocycles. The van der Waals surface area contributed by atoms with Crippen molar-refractivity contribution in [3.05, 3.63) is 93.4 Å². The fourth-order valence-electron chi connectivity index (χ4n) is 5.09. The van der Waals surface area contributed by atoms with E-state index in [1.54, 1.807) is 6.20 Å². The molecule has 0 radical (unpaired) electrons. The van der Waals surface area contributed by atoms with Crippen molar-refractivity contribution >= 4 is 22.6 Å². The van der Waals surface area contributed by atoms with Crippen LogP contribution in [0.1, 0.15) is 65.8 Å². The van der Waals surface area contributed by atoms with E-state index in [2.05, 4.69) is 15.6 Å². The number of fused-ring (bicyclic) bond motifs is 1. The first-order valence-electron chi connectivity index (χ1n) is 12.6. The Labute approximate surface area is 210 Å². The molecule has 1 aliphatic carbocycles. The van der Waals surface area contributed by atoms with Crippen molar-refractivity contribution in [2.24, 2.45) is 0 Å². The molecule has 1 fully saturated rings. The molecule has 0 aliphatic heterocycles. The SMILES string of the molecule is Cc1cc([C@@H](C)Nc2cccnc2C(=O)NC2CCCC2)c2oc(-c3ccccc3)c(C)c(=O)c2c1. The highest BCUT2D eigenvalue weighted by molar-refractivity contribution is 5.98. The quantitative estimate of drug-likeness (QED) is 0.337. The average molecular weight is 482 g/mol. The van der Waals surface area contributed by atoms with E-state index in [1.165, 1.54) is 0 Å². The van der Waals surface area contributed by atoms with Gasteiger partial charge >= 0.3 is 0 Å². The molecule has 2 aromatic heterocycles. The Balaban J connectivity index is 1.54. The van der Waals surface area contributed by atoms with Crippen LogP contribution in [0.25, 0.3) is 22.3 Å². The van der Waals surface area contributed by atoms with Gasteiger partial charge in [-0.3, -0.25) is 9.59 Å². The van der Waals surface area contributed by atoms with Crippen molar-refractivity contribution in [2.45, 2.75) is 58.5 Å². The van der Waals surface area contributed by atoms with E-state index in [9.17, 15) is 9.59 Å². The van der Waals surface area contributed by atoms with Crippen molar-refractivity contribution in [3.63, 3.8) is 0 Å². The van der Waals surface area contributed by atoms with E-state index in [0.29, 0.717) is 33.7 Å². The first-order valence-corrected chi connectivity index (χ1v) is 12.6. The number of aryl methyl sites for hydroxylation is 1. The lowest BCUT2D eigenvalue weighted by molar-refractivity contribution is 0.0933. The first-order chi connectivity index (χ1) is 17.4. The van der Waals surface area contributed by atoms with Crippen LogP contribution in [0.3, 0.4) is 0 Å². The van der Waals surface area contributed by atoms with Gasteiger partial charge in [-0.15, -0.1) is 0 Å². The number of nitrogens with one attached hydrogen (secondary N) is 2. The van der Waals surface area contributed by atoms with Crippen LogP contribution in [0.15, 0.2) is 70.0 Å². The number of pyridine rings is 1. The Bertz CT molecular complexity index is 1470. The molecule has 184 valence electrons. The van der Waals surface area contributed by atoms with Crippen LogP contribution in [0.5, 0.6) is 0 Å². The number of carbonyl (C=O) groups excluding carboxylic acids is 1. The fraction of sp³-hybridized carbons (Fsp3) is 0.300.